The Labute approximate surface area is 225 Å². The van der Waals surface area contributed by atoms with Crippen LogP contribution < -0.4 is 10.2 Å². The van der Waals surface area contributed by atoms with Crippen molar-refractivity contribution in [1.82, 2.24) is 5.32 Å². The standard InChI is InChI=1S/C29H30F2N6O2/c30-24-13-10-23(26(31)17-24)16-27(38)37(25-14-11-21(12-15-25)20-4-2-1-3-5-20)18-19-6-8-22(9-7-19)28(39)34-29(35-32)36-33/h6-15,17,20,29,32-33H,1-5,16,18H2,(H,34,39). The fourth-order valence-electron chi connectivity index (χ4n) is 4.85. The van der Waals surface area contributed by atoms with Crippen LogP contribution in [0, 0.1) is 22.7 Å². The van der Waals surface area contributed by atoms with Crippen LogP contribution in [0.3, 0.4) is 0 Å². The third kappa shape index (κ3) is 7.16. The van der Waals surface area contributed by atoms with E-state index in [0.717, 1.165) is 30.5 Å². The van der Waals surface area contributed by atoms with Gasteiger partial charge in [0.05, 0.1) is 13.0 Å². The molecule has 0 unspecified atom stereocenters. The third-order valence-electron chi connectivity index (χ3n) is 7.00. The van der Waals surface area contributed by atoms with Crippen LogP contribution in [0.1, 0.15) is 65.1 Å². The summed E-state index contributed by atoms with van der Waals surface area (Å²) in [7, 11) is 0. The first kappa shape index (κ1) is 27.7. The molecule has 10 heteroatoms. The van der Waals surface area contributed by atoms with Crippen molar-refractivity contribution in [2.45, 2.75) is 57.3 Å². The second-order valence-corrected chi connectivity index (χ2v) is 9.62. The highest BCUT2D eigenvalue weighted by Gasteiger charge is 2.21. The molecule has 1 aliphatic rings. The van der Waals surface area contributed by atoms with E-state index in [0.29, 0.717) is 11.6 Å². The summed E-state index contributed by atoms with van der Waals surface area (Å²) in [5.41, 5.74) is 16.9. The Morgan fingerprint density at radius 3 is 2.21 bits per heavy atom. The molecule has 1 fully saturated rings. The second-order valence-electron chi connectivity index (χ2n) is 9.62. The minimum Gasteiger partial charge on any atom is -0.309 e. The molecule has 0 bridgehead atoms. The van der Waals surface area contributed by atoms with E-state index in [9.17, 15) is 18.4 Å². The quantitative estimate of drug-likeness (QED) is 0.247. The molecule has 0 atom stereocenters. The molecule has 4 rings (SSSR count). The van der Waals surface area contributed by atoms with Crippen molar-refractivity contribution < 1.29 is 18.4 Å². The second kappa shape index (κ2) is 12.9. The molecular formula is C29H30F2N6O2. The van der Waals surface area contributed by atoms with E-state index in [1.54, 1.807) is 29.2 Å². The SMILES string of the molecule is N=NC(N=N)NC(=O)c1ccc(CN(C(=O)Cc2ccc(F)cc2F)c2ccc(C3CCCCC3)cc2)cc1. The maximum absolute atomic E-state index is 14.3. The number of nitrogens with zero attached hydrogens (tertiary/aromatic N) is 3. The van der Waals surface area contributed by atoms with Crippen LogP contribution in [-0.2, 0) is 17.8 Å². The fraction of sp³-hybridized carbons (Fsp3) is 0.310. The van der Waals surface area contributed by atoms with E-state index in [4.69, 9.17) is 11.1 Å². The highest BCUT2D eigenvalue weighted by Crippen LogP contribution is 2.33. The molecule has 39 heavy (non-hydrogen) atoms. The van der Waals surface area contributed by atoms with Gasteiger partial charge in [-0.25, -0.2) is 19.8 Å². The van der Waals surface area contributed by atoms with Gasteiger partial charge in [-0.3, -0.25) is 9.59 Å². The first-order valence-corrected chi connectivity index (χ1v) is 12.8. The molecule has 0 aliphatic heterocycles. The summed E-state index contributed by atoms with van der Waals surface area (Å²) in [6.45, 7) is 0.166. The molecule has 0 radical (unpaired) electrons. The first-order chi connectivity index (χ1) is 18.9. The average molecular weight is 533 g/mol. The number of halogens is 2. The zero-order valence-corrected chi connectivity index (χ0v) is 21.4. The molecule has 0 spiro atoms. The molecule has 0 saturated heterocycles. The lowest BCUT2D eigenvalue weighted by Gasteiger charge is -2.26. The topological polar surface area (TPSA) is 122 Å². The Balaban J connectivity index is 1.56. The van der Waals surface area contributed by atoms with Crippen molar-refractivity contribution in [2.24, 2.45) is 10.2 Å². The lowest BCUT2D eigenvalue weighted by Crippen LogP contribution is -2.32. The summed E-state index contributed by atoms with van der Waals surface area (Å²) in [6.07, 6.45) is 4.46. The van der Waals surface area contributed by atoms with Crippen molar-refractivity contribution in [2.75, 3.05) is 4.90 Å². The highest BCUT2D eigenvalue weighted by molar-refractivity contribution is 5.95. The normalized spacial score (nSPS) is 14.3. The number of amides is 2. The molecule has 3 N–H and O–H groups in total. The van der Waals surface area contributed by atoms with Crippen LogP contribution in [0.15, 0.2) is 77.0 Å². The monoisotopic (exact) mass is 532 g/mol. The van der Waals surface area contributed by atoms with Gasteiger partial charge in [0.1, 0.15) is 11.6 Å². The summed E-state index contributed by atoms with van der Waals surface area (Å²) in [6, 6.07) is 17.6. The van der Waals surface area contributed by atoms with Gasteiger partial charge in [0.2, 0.25) is 5.91 Å². The number of carbonyl (C=O) groups excluding carboxylic acids is 2. The van der Waals surface area contributed by atoms with Crippen molar-refractivity contribution in [1.29, 1.82) is 11.1 Å². The Kier molecular flexibility index (Phi) is 9.19. The summed E-state index contributed by atoms with van der Waals surface area (Å²) in [5.74, 6) is -1.87. The summed E-state index contributed by atoms with van der Waals surface area (Å²) in [5, 5.41) is 8.40. The molecule has 1 saturated carbocycles. The van der Waals surface area contributed by atoms with Gasteiger partial charge in [0.25, 0.3) is 12.2 Å². The van der Waals surface area contributed by atoms with E-state index < -0.39 is 23.8 Å². The molecular weight excluding hydrogens is 502 g/mol. The smallest absolute Gasteiger partial charge is 0.254 e. The Morgan fingerprint density at radius 2 is 1.59 bits per heavy atom. The Hall–Kier alpha value is -4.34. The average Bonchev–Trinajstić information content (AvgIpc) is 2.96. The number of hydrogen-bond acceptors (Lipinski definition) is 6. The number of hydrogen-bond donors (Lipinski definition) is 3. The molecule has 0 aromatic heterocycles. The van der Waals surface area contributed by atoms with Gasteiger partial charge in [-0.05, 0) is 65.8 Å². The summed E-state index contributed by atoms with van der Waals surface area (Å²) in [4.78, 5) is 27.3. The fourth-order valence-corrected chi connectivity index (χ4v) is 4.85. The zero-order chi connectivity index (χ0) is 27.8. The Bertz CT molecular complexity index is 1320. The lowest BCUT2D eigenvalue weighted by atomic mass is 9.84. The maximum atomic E-state index is 14.3. The van der Waals surface area contributed by atoms with Crippen molar-refractivity contribution in [3.63, 3.8) is 0 Å². The zero-order valence-electron chi connectivity index (χ0n) is 21.4. The van der Waals surface area contributed by atoms with E-state index in [2.05, 4.69) is 15.5 Å². The largest absolute Gasteiger partial charge is 0.309 e. The van der Waals surface area contributed by atoms with E-state index >= 15 is 0 Å². The molecule has 1 aliphatic carbocycles. The molecule has 2 amide bonds. The van der Waals surface area contributed by atoms with Gasteiger partial charge in [-0.1, -0.05) is 49.6 Å². The molecule has 8 nitrogen and oxygen atoms in total. The van der Waals surface area contributed by atoms with E-state index in [1.165, 1.54) is 30.9 Å². The van der Waals surface area contributed by atoms with Crippen molar-refractivity contribution in [3.05, 3.63) is 101 Å². The van der Waals surface area contributed by atoms with Crippen LogP contribution in [0.5, 0.6) is 0 Å². The Morgan fingerprint density at radius 1 is 0.923 bits per heavy atom. The number of benzene rings is 3. The number of nitrogens with one attached hydrogen (secondary N) is 3. The highest BCUT2D eigenvalue weighted by atomic mass is 19.1. The predicted octanol–water partition coefficient (Wildman–Crippen LogP) is 6.86. The minimum absolute atomic E-state index is 0.103. The van der Waals surface area contributed by atoms with Crippen molar-refractivity contribution >= 4 is 17.5 Å². The molecule has 0 heterocycles. The third-order valence-corrected chi connectivity index (χ3v) is 7.00. The number of anilines is 1. The van der Waals surface area contributed by atoms with E-state index in [1.807, 2.05) is 24.3 Å². The summed E-state index contributed by atoms with van der Waals surface area (Å²) < 4.78 is 27.7. The molecule has 3 aromatic carbocycles. The van der Waals surface area contributed by atoms with Crippen molar-refractivity contribution in [3.8, 4) is 0 Å². The van der Waals surface area contributed by atoms with Gasteiger partial charge in [-0.15, -0.1) is 10.2 Å². The predicted molar refractivity (Wildman–Crippen MR) is 142 cm³/mol. The van der Waals surface area contributed by atoms with Gasteiger partial charge in [-0.2, -0.15) is 0 Å². The summed E-state index contributed by atoms with van der Waals surface area (Å²) >= 11 is 0. The van der Waals surface area contributed by atoms with Gasteiger partial charge >= 0.3 is 0 Å². The maximum Gasteiger partial charge on any atom is 0.254 e. The van der Waals surface area contributed by atoms with Crippen LogP contribution in [0.4, 0.5) is 14.5 Å². The number of carbonyl (C=O) groups is 2. The minimum atomic E-state index is -1.28. The van der Waals surface area contributed by atoms with Crippen LogP contribution in [-0.4, -0.2) is 18.1 Å². The van der Waals surface area contributed by atoms with Crippen LogP contribution in [0.25, 0.3) is 0 Å². The molecule has 3 aromatic rings. The lowest BCUT2D eigenvalue weighted by molar-refractivity contribution is -0.118. The van der Waals surface area contributed by atoms with Gasteiger partial charge in [0, 0.05) is 17.3 Å². The molecule has 202 valence electrons. The van der Waals surface area contributed by atoms with Crippen LogP contribution in [0.2, 0.25) is 0 Å². The van der Waals surface area contributed by atoms with Crippen LogP contribution >= 0.6 is 0 Å². The van der Waals surface area contributed by atoms with E-state index in [-0.39, 0.29) is 30.0 Å². The first-order valence-electron chi connectivity index (χ1n) is 12.8. The van der Waals surface area contributed by atoms with Gasteiger partial charge in [0.15, 0.2) is 0 Å². The van der Waals surface area contributed by atoms with Gasteiger partial charge < -0.3 is 10.2 Å². The number of rotatable bonds is 10.